The van der Waals surface area contributed by atoms with Crippen LogP contribution in [0.1, 0.15) is 29.7 Å². The molecule has 0 aliphatic heterocycles. The molecule has 2 rings (SSSR count). The molecule has 0 fully saturated rings. The van der Waals surface area contributed by atoms with Gasteiger partial charge in [0.1, 0.15) is 0 Å². The van der Waals surface area contributed by atoms with Crippen molar-refractivity contribution in [2.75, 3.05) is 20.6 Å². The van der Waals surface area contributed by atoms with Crippen LogP contribution >= 0.6 is 12.2 Å². The van der Waals surface area contributed by atoms with Crippen molar-refractivity contribution in [1.82, 2.24) is 15.5 Å². The number of likely N-dealkylation sites (N-methyl/N-ethyl adjacent to an activating group) is 1. The molecule has 3 nitrogen and oxygen atoms in total. The number of aryl methyl sites for hydroxylation is 1. The SMILES string of the molecule is CCc1ccc([C@H](CNC(=S)NCc2ccccc2)N(C)C)cc1. The molecule has 0 heterocycles. The lowest BCUT2D eigenvalue weighted by Crippen LogP contribution is -2.40. The van der Waals surface area contributed by atoms with E-state index in [1.165, 1.54) is 16.7 Å². The first-order valence-corrected chi connectivity index (χ1v) is 8.82. The normalized spacial score (nSPS) is 12.0. The zero-order valence-corrected chi connectivity index (χ0v) is 15.6. The highest BCUT2D eigenvalue weighted by atomic mass is 32.1. The quantitative estimate of drug-likeness (QED) is 0.754. The molecule has 0 saturated heterocycles. The highest BCUT2D eigenvalue weighted by molar-refractivity contribution is 7.80. The lowest BCUT2D eigenvalue weighted by Gasteiger charge is -2.26. The third-order valence-electron chi connectivity index (χ3n) is 4.15. The highest BCUT2D eigenvalue weighted by Gasteiger charge is 2.14. The topological polar surface area (TPSA) is 27.3 Å². The fraction of sp³-hybridized carbons (Fsp3) is 0.350. The number of hydrogen-bond acceptors (Lipinski definition) is 2. The summed E-state index contributed by atoms with van der Waals surface area (Å²) in [6.45, 7) is 3.69. The van der Waals surface area contributed by atoms with Crippen molar-refractivity contribution in [3.05, 3.63) is 71.3 Å². The molecule has 0 spiro atoms. The van der Waals surface area contributed by atoms with Gasteiger partial charge in [-0.3, -0.25) is 0 Å². The second-order valence-electron chi connectivity index (χ2n) is 6.12. The van der Waals surface area contributed by atoms with Crippen molar-refractivity contribution in [2.24, 2.45) is 0 Å². The number of nitrogens with one attached hydrogen (secondary N) is 2. The van der Waals surface area contributed by atoms with Gasteiger partial charge in [-0.2, -0.15) is 0 Å². The Morgan fingerprint density at radius 2 is 1.62 bits per heavy atom. The van der Waals surface area contributed by atoms with Crippen LogP contribution in [0.25, 0.3) is 0 Å². The van der Waals surface area contributed by atoms with E-state index in [0.717, 1.165) is 19.5 Å². The average molecular weight is 342 g/mol. The van der Waals surface area contributed by atoms with Gasteiger partial charge in [-0.05, 0) is 49.4 Å². The number of nitrogens with zero attached hydrogens (tertiary/aromatic N) is 1. The van der Waals surface area contributed by atoms with Crippen LogP contribution in [0.5, 0.6) is 0 Å². The first kappa shape index (κ1) is 18.4. The second kappa shape index (κ2) is 9.40. The minimum atomic E-state index is 0.285. The van der Waals surface area contributed by atoms with Crippen LogP contribution in [0.3, 0.4) is 0 Å². The molecule has 24 heavy (non-hydrogen) atoms. The monoisotopic (exact) mass is 341 g/mol. The number of hydrogen-bond donors (Lipinski definition) is 2. The molecule has 0 unspecified atom stereocenters. The van der Waals surface area contributed by atoms with Gasteiger partial charge in [0, 0.05) is 13.1 Å². The smallest absolute Gasteiger partial charge is 0.166 e. The molecular formula is C20H27N3S. The Hall–Kier alpha value is -1.91. The first-order valence-electron chi connectivity index (χ1n) is 8.41. The molecule has 0 aliphatic rings. The molecule has 128 valence electrons. The molecule has 2 aromatic carbocycles. The van der Waals surface area contributed by atoms with Crippen molar-refractivity contribution in [3.8, 4) is 0 Å². The van der Waals surface area contributed by atoms with Crippen molar-refractivity contribution in [1.29, 1.82) is 0 Å². The van der Waals surface area contributed by atoms with E-state index in [9.17, 15) is 0 Å². The standard InChI is InChI=1S/C20H27N3S/c1-4-16-10-12-18(13-11-16)19(23(2)3)15-22-20(24)21-14-17-8-6-5-7-9-17/h5-13,19H,4,14-15H2,1-3H3,(H2,21,22,24)/t19-/m0/s1. The molecule has 0 aliphatic carbocycles. The second-order valence-corrected chi connectivity index (χ2v) is 6.53. The van der Waals surface area contributed by atoms with Crippen molar-refractivity contribution in [2.45, 2.75) is 25.9 Å². The molecule has 0 amide bonds. The summed E-state index contributed by atoms with van der Waals surface area (Å²) in [7, 11) is 4.20. The lowest BCUT2D eigenvalue weighted by atomic mass is 10.0. The molecule has 4 heteroatoms. The maximum atomic E-state index is 5.41. The number of benzene rings is 2. The summed E-state index contributed by atoms with van der Waals surface area (Å²) in [5.74, 6) is 0. The predicted octanol–water partition coefficient (Wildman–Crippen LogP) is 3.52. The van der Waals surface area contributed by atoms with Crippen molar-refractivity contribution >= 4 is 17.3 Å². The maximum Gasteiger partial charge on any atom is 0.166 e. The van der Waals surface area contributed by atoms with Gasteiger partial charge >= 0.3 is 0 Å². The van der Waals surface area contributed by atoms with Crippen molar-refractivity contribution < 1.29 is 0 Å². The summed E-state index contributed by atoms with van der Waals surface area (Å²) in [5.41, 5.74) is 3.89. The van der Waals surface area contributed by atoms with Crippen LogP contribution in [0, 0.1) is 0 Å². The summed E-state index contributed by atoms with van der Waals surface area (Å²) in [5, 5.41) is 7.30. The van der Waals surface area contributed by atoms with Crippen LogP contribution in [-0.4, -0.2) is 30.7 Å². The summed E-state index contributed by atoms with van der Waals surface area (Å²) < 4.78 is 0. The van der Waals surface area contributed by atoms with Gasteiger partial charge in [0.15, 0.2) is 5.11 Å². The van der Waals surface area contributed by atoms with E-state index in [-0.39, 0.29) is 6.04 Å². The number of rotatable bonds is 7. The zero-order valence-electron chi connectivity index (χ0n) is 14.8. The Morgan fingerprint density at radius 1 is 0.958 bits per heavy atom. The molecule has 0 saturated carbocycles. The van der Waals surface area contributed by atoms with Crippen molar-refractivity contribution in [3.63, 3.8) is 0 Å². The van der Waals surface area contributed by atoms with Gasteiger partial charge < -0.3 is 15.5 Å². The fourth-order valence-corrected chi connectivity index (χ4v) is 2.76. The van der Waals surface area contributed by atoms with E-state index in [4.69, 9.17) is 12.2 Å². The zero-order chi connectivity index (χ0) is 17.4. The molecule has 2 N–H and O–H groups in total. The van der Waals surface area contributed by atoms with Crippen LogP contribution in [0.15, 0.2) is 54.6 Å². The molecule has 1 atom stereocenters. The van der Waals surface area contributed by atoms with Gasteiger partial charge in [-0.1, -0.05) is 61.5 Å². The minimum absolute atomic E-state index is 0.285. The van der Waals surface area contributed by atoms with Crippen LogP contribution in [0.4, 0.5) is 0 Å². The Morgan fingerprint density at radius 3 is 2.21 bits per heavy atom. The third kappa shape index (κ3) is 5.62. The third-order valence-corrected chi connectivity index (χ3v) is 4.44. The van der Waals surface area contributed by atoms with E-state index in [1.54, 1.807) is 0 Å². The summed E-state index contributed by atoms with van der Waals surface area (Å²) in [6.07, 6.45) is 1.07. The maximum absolute atomic E-state index is 5.41. The summed E-state index contributed by atoms with van der Waals surface area (Å²) in [4.78, 5) is 2.22. The molecule has 0 radical (unpaired) electrons. The highest BCUT2D eigenvalue weighted by Crippen LogP contribution is 2.18. The number of thiocarbonyl (C=S) groups is 1. The van der Waals surface area contributed by atoms with E-state index in [0.29, 0.717) is 5.11 Å². The van der Waals surface area contributed by atoms with Crippen LogP contribution in [0.2, 0.25) is 0 Å². The fourth-order valence-electron chi connectivity index (χ4n) is 2.60. The van der Waals surface area contributed by atoms with E-state index in [2.05, 4.69) is 73.0 Å². The minimum Gasteiger partial charge on any atom is -0.361 e. The lowest BCUT2D eigenvalue weighted by molar-refractivity contribution is 0.298. The largest absolute Gasteiger partial charge is 0.361 e. The van der Waals surface area contributed by atoms with Gasteiger partial charge in [0.25, 0.3) is 0 Å². The van der Waals surface area contributed by atoms with Crippen LogP contribution in [-0.2, 0) is 13.0 Å². The molecule has 0 bridgehead atoms. The van der Waals surface area contributed by atoms with Gasteiger partial charge in [0.2, 0.25) is 0 Å². The van der Waals surface area contributed by atoms with Crippen LogP contribution < -0.4 is 10.6 Å². The average Bonchev–Trinajstić information content (AvgIpc) is 2.61. The van der Waals surface area contributed by atoms with Gasteiger partial charge in [-0.15, -0.1) is 0 Å². The van der Waals surface area contributed by atoms with E-state index >= 15 is 0 Å². The molecule has 2 aromatic rings. The Labute approximate surface area is 151 Å². The Bertz CT molecular complexity index is 623. The summed E-state index contributed by atoms with van der Waals surface area (Å²) >= 11 is 5.41. The Kier molecular flexibility index (Phi) is 7.22. The van der Waals surface area contributed by atoms with Gasteiger partial charge in [0.05, 0.1) is 6.04 Å². The predicted molar refractivity (Wildman–Crippen MR) is 106 cm³/mol. The molecular weight excluding hydrogens is 314 g/mol. The summed E-state index contributed by atoms with van der Waals surface area (Å²) in [6, 6.07) is 19.4. The van der Waals surface area contributed by atoms with E-state index < -0.39 is 0 Å². The van der Waals surface area contributed by atoms with E-state index in [1.807, 2.05) is 18.2 Å². The van der Waals surface area contributed by atoms with Gasteiger partial charge in [-0.25, -0.2) is 0 Å². The first-order chi connectivity index (χ1) is 11.6. The molecule has 0 aromatic heterocycles. The Balaban J connectivity index is 1.87.